The first-order chi connectivity index (χ1) is 9.24. The van der Waals surface area contributed by atoms with Gasteiger partial charge in [-0.15, -0.1) is 0 Å². The lowest BCUT2D eigenvalue weighted by atomic mass is 10.1. The Hall–Kier alpha value is -1.43. The van der Waals surface area contributed by atoms with Crippen LogP contribution in [-0.2, 0) is 22.7 Å². The van der Waals surface area contributed by atoms with Crippen molar-refractivity contribution in [2.75, 3.05) is 20.3 Å². The number of ether oxygens (including phenoxy) is 2. The molecule has 0 saturated heterocycles. The summed E-state index contributed by atoms with van der Waals surface area (Å²) >= 11 is 0. The van der Waals surface area contributed by atoms with Gasteiger partial charge in [-0.3, -0.25) is 4.79 Å². The molecule has 104 valence electrons. The number of hydrogen-bond donors (Lipinski definition) is 2. The van der Waals surface area contributed by atoms with Crippen molar-refractivity contribution in [2.24, 2.45) is 5.73 Å². The third-order valence-electron chi connectivity index (χ3n) is 3.20. The lowest BCUT2D eigenvalue weighted by Gasteiger charge is -2.17. The molecule has 1 heterocycles. The lowest BCUT2D eigenvalue weighted by Crippen LogP contribution is -2.39. The van der Waals surface area contributed by atoms with Crippen LogP contribution in [0.4, 0.5) is 0 Å². The maximum atomic E-state index is 12.2. The van der Waals surface area contributed by atoms with Crippen LogP contribution in [0.15, 0.2) is 18.2 Å². The van der Waals surface area contributed by atoms with E-state index in [1.54, 1.807) is 7.11 Å². The minimum atomic E-state index is -0.0924. The van der Waals surface area contributed by atoms with E-state index in [1.165, 1.54) is 0 Å². The van der Waals surface area contributed by atoms with Gasteiger partial charge in [0.2, 0.25) is 0 Å². The van der Waals surface area contributed by atoms with E-state index in [9.17, 15) is 4.79 Å². The molecule has 0 spiro atoms. The van der Waals surface area contributed by atoms with Gasteiger partial charge in [0.15, 0.2) is 0 Å². The van der Waals surface area contributed by atoms with E-state index in [2.05, 4.69) is 5.32 Å². The highest BCUT2D eigenvalue weighted by molar-refractivity contribution is 5.94. The van der Waals surface area contributed by atoms with Crippen molar-refractivity contribution < 1.29 is 14.3 Å². The quantitative estimate of drug-likeness (QED) is 0.797. The van der Waals surface area contributed by atoms with Crippen LogP contribution in [0.1, 0.15) is 27.9 Å². The molecule has 19 heavy (non-hydrogen) atoms. The Morgan fingerprint density at radius 1 is 1.47 bits per heavy atom. The van der Waals surface area contributed by atoms with Gasteiger partial charge in [0, 0.05) is 12.7 Å². The van der Waals surface area contributed by atoms with E-state index in [4.69, 9.17) is 15.2 Å². The first-order valence-electron chi connectivity index (χ1n) is 6.44. The normalized spacial score (nSPS) is 15.1. The van der Waals surface area contributed by atoms with Crippen LogP contribution in [0.2, 0.25) is 0 Å². The number of carbonyl (C=O) groups is 1. The number of benzene rings is 1. The van der Waals surface area contributed by atoms with Gasteiger partial charge in [-0.05, 0) is 36.2 Å². The van der Waals surface area contributed by atoms with Crippen molar-refractivity contribution in [1.29, 1.82) is 0 Å². The zero-order chi connectivity index (χ0) is 13.7. The standard InChI is InChI=1S/C14H20N2O3/c1-18-9-13(4-5-15)16-14(17)10-2-3-11-7-19-8-12(11)6-10/h2-3,6,13H,4-5,7-9,15H2,1H3,(H,16,17). The fourth-order valence-electron chi connectivity index (χ4n) is 2.18. The SMILES string of the molecule is COCC(CCN)NC(=O)c1ccc2c(c1)COC2. The first kappa shape index (κ1) is 14.0. The zero-order valence-electron chi connectivity index (χ0n) is 11.1. The van der Waals surface area contributed by atoms with Gasteiger partial charge >= 0.3 is 0 Å². The van der Waals surface area contributed by atoms with Crippen molar-refractivity contribution in [3.8, 4) is 0 Å². The summed E-state index contributed by atoms with van der Waals surface area (Å²) < 4.78 is 10.4. The molecule has 0 radical (unpaired) electrons. The molecule has 1 aliphatic rings. The number of methoxy groups -OCH3 is 1. The molecular weight excluding hydrogens is 244 g/mol. The van der Waals surface area contributed by atoms with Crippen LogP contribution in [-0.4, -0.2) is 32.2 Å². The molecule has 1 unspecified atom stereocenters. The largest absolute Gasteiger partial charge is 0.383 e. The van der Waals surface area contributed by atoms with Crippen molar-refractivity contribution in [1.82, 2.24) is 5.32 Å². The summed E-state index contributed by atoms with van der Waals surface area (Å²) in [5.74, 6) is -0.0924. The van der Waals surface area contributed by atoms with E-state index >= 15 is 0 Å². The number of rotatable bonds is 6. The summed E-state index contributed by atoms with van der Waals surface area (Å²) in [5.41, 5.74) is 8.43. The number of carbonyl (C=O) groups excluding carboxylic acids is 1. The van der Waals surface area contributed by atoms with Crippen LogP contribution < -0.4 is 11.1 Å². The molecule has 5 heteroatoms. The monoisotopic (exact) mass is 264 g/mol. The van der Waals surface area contributed by atoms with E-state index in [0.29, 0.717) is 38.3 Å². The van der Waals surface area contributed by atoms with E-state index in [0.717, 1.165) is 11.1 Å². The second-order valence-corrected chi connectivity index (χ2v) is 4.68. The molecule has 0 aliphatic carbocycles. The van der Waals surface area contributed by atoms with Crippen LogP contribution in [0, 0.1) is 0 Å². The summed E-state index contributed by atoms with van der Waals surface area (Å²) in [6.07, 6.45) is 0.702. The van der Waals surface area contributed by atoms with E-state index in [-0.39, 0.29) is 11.9 Å². The molecule has 0 aromatic heterocycles. The van der Waals surface area contributed by atoms with Crippen molar-refractivity contribution >= 4 is 5.91 Å². The summed E-state index contributed by atoms with van der Waals surface area (Å²) in [5, 5.41) is 2.94. The number of amides is 1. The molecule has 1 amide bonds. The van der Waals surface area contributed by atoms with Gasteiger partial charge < -0.3 is 20.5 Å². The highest BCUT2D eigenvalue weighted by Crippen LogP contribution is 2.20. The summed E-state index contributed by atoms with van der Waals surface area (Å²) in [4.78, 5) is 12.2. The molecule has 0 saturated carbocycles. The predicted molar refractivity (Wildman–Crippen MR) is 71.7 cm³/mol. The Balaban J connectivity index is 2.02. The second kappa shape index (κ2) is 6.65. The number of nitrogens with two attached hydrogens (primary N) is 1. The van der Waals surface area contributed by atoms with E-state index in [1.807, 2.05) is 18.2 Å². The Kier molecular flexibility index (Phi) is 4.90. The molecule has 3 N–H and O–H groups in total. The maximum Gasteiger partial charge on any atom is 0.251 e. The maximum absolute atomic E-state index is 12.2. The fourth-order valence-corrected chi connectivity index (χ4v) is 2.18. The Morgan fingerprint density at radius 3 is 3.00 bits per heavy atom. The van der Waals surface area contributed by atoms with E-state index < -0.39 is 0 Å². The summed E-state index contributed by atoms with van der Waals surface area (Å²) in [7, 11) is 1.61. The predicted octanol–water partition coefficient (Wildman–Crippen LogP) is 0.810. The van der Waals surface area contributed by atoms with Gasteiger partial charge in [-0.1, -0.05) is 6.07 Å². The highest BCUT2D eigenvalue weighted by Gasteiger charge is 2.16. The average Bonchev–Trinajstić information content (AvgIpc) is 2.86. The summed E-state index contributed by atoms with van der Waals surface area (Å²) in [6.45, 7) is 2.21. The first-order valence-corrected chi connectivity index (χ1v) is 6.44. The van der Waals surface area contributed by atoms with Crippen LogP contribution in [0.3, 0.4) is 0 Å². The molecule has 0 bridgehead atoms. The number of hydrogen-bond acceptors (Lipinski definition) is 4. The minimum Gasteiger partial charge on any atom is -0.383 e. The molecule has 1 aromatic rings. The molecule has 2 rings (SSSR count). The third-order valence-corrected chi connectivity index (χ3v) is 3.20. The van der Waals surface area contributed by atoms with Crippen molar-refractivity contribution in [3.05, 3.63) is 34.9 Å². The van der Waals surface area contributed by atoms with Gasteiger partial charge in [-0.2, -0.15) is 0 Å². The smallest absolute Gasteiger partial charge is 0.251 e. The Bertz CT molecular complexity index is 442. The molecule has 1 aliphatic heterocycles. The van der Waals surface area contributed by atoms with Crippen molar-refractivity contribution in [3.63, 3.8) is 0 Å². The second-order valence-electron chi connectivity index (χ2n) is 4.68. The Morgan fingerprint density at radius 2 is 2.26 bits per heavy atom. The highest BCUT2D eigenvalue weighted by atomic mass is 16.5. The van der Waals surface area contributed by atoms with Crippen LogP contribution in [0.5, 0.6) is 0 Å². The number of nitrogens with one attached hydrogen (secondary N) is 1. The topological polar surface area (TPSA) is 73.6 Å². The average molecular weight is 264 g/mol. The van der Waals surface area contributed by atoms with Crippen LogP contribution in [0.25, 0.3) is 0 Å². The van der Waals surface area contributed by atoms with Gasteiger partial charge in [0.25, 0.3) is 5.91 Å². The zero-order valence-corrected chi connectivity index (χ0v) is 11.1. The minimum absolute atomic E-state index is 0.0491. The van der Waals surface area contributed by atoms with Crippen molar-refractivity contribution in [2.45, 2.75) is 25.7 Å². The van der Waals surface area contributed by atoms with Gasteiger partial charge in [-0.25, -0.2) is 0 Å². The Labute approximate surface area is 113 Å². The van der Waals surface area contributed by atoms with Crippen LogP contribution >= 0.6 is 0 Å². The molecule has 0 fully saturated rings. The molecule has 1 aromatic carbocycles. The molecule has 1 atom stereocenters. The van der Waals surface area contributed by atoms with Gasteiger partial charge in [0.1, 0.15) is 0 Å². The molecule has 5 nitrogen and oxygen atoms in total. The third kappa shape index (κ3) is 3.53. The summed E-state index contributed by atoms with van der Waals surface area (Å²) in [6, 6.07) is 5.62. The fraction of sp³-hybridized carbons (Fsp3) is 0.500. The lowest BCUT2D eigenvalue weighted by molar-refractivity contribution is 0.0893. The number of fused-ring (bicyclic) bond motifs is 1. The van der Waals surface area contributed by atoms with Gasteiger partial charge in [0.05, 0.1) is 25.9 Å². The molecular formula is C14H20N2O3.